The molecule has 0 amide bonds. The number of rotatable bonds is 4. The number of anilines is 2. The quantitative estimate of drug-likeness (QED) is 0.838. The van der Waals surface area contributed by atoms with Gasteiger partial charge in [0.15, 0.2) is 11.6 Å². The number of sulfonamides is 1. The Hall–Kier alpha value is -1.41. The highest BCUT2D eigenvalue weighted by molar-refractivity contribution is 7.92. The van der Waals surface area contributed by atoms with Gasteiger partial charge in [0.1, 0.15) is 0 Å². The molecule has 0 aliphatic carbocycles. The summed E-state index contributed by atoms with van der Waals surface area (Å²) in [7, 11) is -1.20. The summed E-state index contributed by atoms with van der Waals surface area (Å²) in [4.78, 5) is 4.40. The van der Waals surface area contributed by atoms with E-state index < -0.39 is 10.0 Å². The summed E-state index contributed by atoms with van der Waals surface area (Å²) >= 11 is 0. The van der Waals surface area contributed by atoms with Gasteiger partial charge in [-0.3, -0.25) is 4.72 Å². The van der Waals surface area contributed by atoms with Crippen molar-refractivity contribution in [1.29, 1.82) is 0 Å². The van der Waals surface area contributed by atoms with Gasteiger partial charge in [0.05, 0.1) is 5.75 Å². The van der Waals surface area contributed by atoms with E-state index in [1.165, 1.54) is 0 Å². The van der Waals surface area contributed by atoms with E-state index in [1.54, 1.807) is 19.1 Å². The Morgan fingerprint density at radius 3 is 2.42 bits per heavy atom. The summed E-state index contributed by atoms with van der Waals surface area (Å²) in [5, 5.41) is 7.99. The van der Waals surface area contributed by atoms with Crippen molar-refractivity contribution in [1.82, 2.24) is 15.1 Å². The fourth-order valence-electron chi connectivity index (χ4n) is 1.82. The molecule has 7 nitrogen and oxygen atoms in total. The minimum absolute atomic E-state index is 0.0227. The van der Waals surface area contributed by atoms with E-state index in [-0.39, 0.29) is 11.6 Å². The summed E-state index contributed by atoms with van der Waals surface area (Å²) in [5.41, 5.74) is 0. The molecule has 2 heterocycles. The minimum Gasteiger partial charge on any atom is -0.353 e. The predicted molar refractivity (Wildman–Crippen MR) is 74.8 cm³/mol. The van der Waals surface area contributed by atoms with Gasteiger partial charge in [-0.05, 0) is 26.1 Å². The molecule has 1 aromatic rings. The van der Waals surface area contributed by atoms with E-state index in [4.69, 9.17) is 0 Å². The van der Waals surface area contributed by atoms with Crippen molar-refractivity contribution < 1.29 is 8.42 Å². The third-order valence-electron chi connectivity index (χ3n) is 3.12. The van der Waals surface area contributed by atoms with E-state index >= 15 is 0 Å². The van der Waals surface area contributed by atoms with Crippen LogP contribution in [0.5, 0.6) is 0 Å². The lowest BCUT2D eigenvalue weighted by molar-refractivity contribution is 0.312. The van der Waals surface area contributed by atoms with Gasteiger partial charge >= 0.3 is 0 Å². The van der Waals surface area contributed by atoms with Gasteiger partial charge in [-0.25, -0.2) is 8.42 Å². The first kappa shape index (κ1) is 14.0. The second-order valence-electron chi connectivity index (χ2n) is 4.57. The van der Waals surface area contributed by atoms with Gasteiger partial charge in [0.2, 0.25) is 10.0 Å². The van der Waals surface area contributed by atoms with Crippen molar-refractivity contribution in [2.75, 3.05) is 48.6 Å². The van der Waals surface area contributed by atoms with Gasteiger partial charge in [-0.15, -0.1) is 10.2 Å². The normalized spacial score (nSPS) is 17.5. The van der Waals surface area contributed by atoms with Crippen LogP contribution in [0.1, 0.15) is 6.92 Å². The summed E-state index contributed by atoms with van der Waals surface area (Å²) < 4.78 is 25.2. The predicted octanol–water partition coefficient (Wildman–Crippen LogP) is -0.01000. The summed E-state index contributed by atoms with van der Waals surface area (Å²) in [5.74, 6) is 1.07. The third kappa shape index (κ3) is 3.77. The van der Waals surface area contributed by atoms with Crippen molar-refractivity contribution in [3.05, 3.63) is 12.1 Å². The molecule has 1 N–H and O–H groups in total. The van der Waals surface area contributed by atoms with Crippen LogP contribution in [0.3, 0.4) is 0 Å². The maximum atomic E-state index is 11.4. The molecule has 19 heavy (non-hydrogen) atoms. The van der Waals surface area contributed by atoms with Gasteiger partial charge in [-0.1, -0.05) is 0 Å². The van der Waals surface area contributed by atoms with Crippen molar-refractivity contribution in [3.8, 4) is 0 Å². The van der Waals surface area contributed by atoms with Crippen LogP contribution in [0, 0.1) is 0 Å². The molecule has 1 aromatic heterocycles. The molecule has 0 aromatic carbocycles. The van der Waals surface area contributed by atoms with Gasteiger partial charge in [-0.2, -0.15) is 0 Å². The van der Waals surface area contributed by atoms with Crippen LogP contribution >= 0.6 is 0 Å². The molecule has 0 bridgehead atoms. The molecule has 2 rings (SSSR count). The molecule has 0 spiro atoms. The topological polar surface area (TPSA) is 78.4 Å². The molecule has 0 saturated carbocycles. The monoisotopic (exact) mass is 285 g/mol. The molecule has 1 fully saturated rings. The standard InChI is InChI=1S/C11H19N5O2S/c1-3-19(17,18)14-10-4-5-11(13-12-10)16-8-6-15(2)7-9-16/h4-5H,3,6-9H2,1-2H3,(H,12,14). The zero-order valence-corrected chi connectivity index (χ0v) is 12.0. The van der Waals surface area contributed by atoms with Crippen LogP contribution in [0.25, 0.3) is 0 Å². The Bertz CT molecular complexity index is 508. The number of likely N-dealkylation sites (N-methyl/N-ethyl adjacent to an activating group) is 1. The SMILES string of the molecule is CCS(=O)(=O)Nc1ccc(N2CCN(C)CC2)nn1. The number of piperazine rings is 1. The van der Waals surface area contributed by atoms with Crippen LogP contribution in [0.2, 0.25) is 0 Å². The number of hydrogen-bond acceptors (Lipinski definition) is 6. The number of nitrogens with one attached hydrogen (secondary N) is 1. The lowest BCUT2D eigenvalue weighted by Crippen LogP contribution is -2.44. The van der Waals surface area contributed by atoms with E-state index in [9.17, 15) is 8.42 Å². The smallest absolute Gasteiger partial charge is 0.233 e. The van der Waals surface area contributed by atoms with Crippen molar-refractivity contribution in [2.24, 2.45) is 0 Å². The Kier molecular flexibility index (Phi) is 4.20. The van der Waals surface area contributed by atoms with Crippen LogP contribution in [-0.2, 0) is 10.0 Å². The Labute approximate surface area is 113 Å². The second-order valence-corrected chi connectivity index (χ2v) is 6.58. The average molecular weight is 285 g/mol. The molecule has 1 aliphatic heterocycles. The molecular weight excluding hydrogens is 266 g/mol. The Morgan fingerprint density at radius 2 is 1.89 bits per heavy atom. The Balaban J connectivity index is 2.02. The highest BCUT2D eigenvalue weighted by Gasteiger charge is 2.16. The van der Waals surface area contributed by atoms with Crippen LogP contribution in [-0.4, -0.2) is 62.5 Å². The average Bonchev–Trinajstić information content (AvgIpc) is 2.40. The van der Waals surface area contributed by atoms with Gasteiger partial charge in [0, 0.05) is 26.2 Å². The Morgan fingerprint density at radius 1 is 1.21 bits per heavy atom. The molecule has 1 aliphatic rings. The second kappa shape index (κ2) is 5.70. The van der Waals surface area contributed by atoms with Gasteiger partial charge in [0.25, 0.3) is 0 Å². The van der Waals surface area contributed by atoms with Crippen molar-refractivity contribution in [3.63, 3.8) is 0 Å². The summed E-state index contributed by atoms with van der Waals surface area (Å²) in [6, 6.07) is 3.44. The number of aromatic nitrogens is 2. The van der Waals surface area contributed by atoms with Crippen LogP contribution in [0.4, 0.5) is 11.6 Å². The molecular formula is C11H19N5O2S. The number of hydrogen-bond donors (Lipinski definition) is 1. The highest BCUT2D eigenvalue weighted by atomic mass is 32.2. The molecule has 0 radical (unpaired) electrons. The molecule has 1 saturated heterocycles. The zero-order chi connectivity index (χ0) is 13.9. The van der Waals surface area contributed by atoms with E-state index in [2.05, 4.69) is 31.8 Å². The lowest BCUT2D eigenvalue weighted by atomic mass is 10.3. The van der Waals surface area contributed by atoms with E-state index in [0.717, 1.165) is 32.0 Å². The largest absolute Gasteiger partial charge is 0.353 e. The highest BCUT2D eigenvalue weighted by Crippen LogP contribution is 2.14. The minimum atomic E-state index is -3.29. The van der Waals surface area contributed by atoms with Crippen LogP contribution < -0.4 is 9.62 Å². The maximum absolute atomic E-state index is 11.4. The van der Waals surface area contributed by atoms with E-state index in [1.807, 2.05) is 0 Å². The van der Waals surface area contributed by atoms with Gasteiger partial charge < -0.3 is 9.80 Å². The first-order valence-corrected chi connectivity index (χ1v) is 7.93. The zero-order valence-electron chi connectivity index (χ0n) is 11.2. The molecule has 8 heteroatoms. The van der Waals surface area contributed by atoms with Crippen molar-refractivity contribution >= 4 is 21.7 Å². The lowest BCUT2D eigenvalue weighted by Gasteiger charge is -2.32. The molecule has 0 atom stereocenters. The summed E-state index contributed by atoms with van der Waals surface area (Å²) in [6.45, 7) is 5.38. The van der Waals surface area contributed by atoms with Crippen LogP contribution in [0.15, 0.2) is 12.1 Å². The van der Waals surface area contributed by atoms with E-state index in [0.29, 0.717) is 0 Å². The number of nitrogens with zero attached hydrogens (tertiary/aromatic N) is 4. The fraction of sp³-hybridized carbons (Fsp3) is 0.636. The van der Waals surface area contributed by atoms with Crippen molar-refractivity contribution in [2.45, 2.75) is 6.92 Å². The summed E-state index contributed by atoms with van der Waals surface area (Å²) in [6.07, 6.45) is 0. The molecule has 0 unspecified atom stereocenters. The third-order valence-corrected chi connectivity index (χ3v) is 4.40. The fourth-order valence-corrected chi connectivity index (χ4v) is 2.39. The maximum Gasteiger partial charge on any atom is 0.233 e. The molecule has 106 valence electrons. The first-order chi connectivity index (χ1) is 9.00. The first-order valence-electron chi connectivity index (χ1n) is 6.28.